The summed E-state index contributed by atoms with van der Waals surface area (Å²) in [5.41, 5.74) is 3.06. The predicted octanol–water partition coefficient (Wildman–Crippen LogP) is 3.95. The van der Waals surface area contributed by atoms with Crippen molar-refractivity contribution in [3.05, 3.63) is 81.3 Å². The molecule has 3 aromatic heterocycles. The first kappa shape index (κ1) is 16.9. The number of benzene rings is 1. The van der Waals surface area contributed by atoms with Gasteiger partial charge in [-0.3, -0.25) is 19.9 Å². The first-order valence-corrected chi connectivity index (χ1v) is 9.04. The van der Waals surface area contributed by atoms with E-state index in [0.717, 1.165) is 21.8 Å². The Hall–Kier alpha value is -3.52. The summed E-state index contributed by atoms with van der Waals surface area (Å²) < 4.78 is 1.88. The van der Waals surface area contributed by atoms with Crippen molar-refractivity contribution in [2.45, 2.75) is 6.92 Å². The number of nitrogens with zero attached hydrogens (tertiary/aromatic N) is 2. The van der Waals surface area contributed by atoms with Gasteiger partial charge in [-0.1, -0.05) is 6.07 Å². The molecule has 0 atom stereocenters. The topological polar surface area (TPSA) is 92.1 Å². The highest BCUT2D eigenvalue weighted by Crippen LogP contribution is 2.29. The van der Waals surface area contributed by atoms with Gasteiger partial charge in [-0.2, -0.15) is 0 Å². The molecule has 0 radical (unpaired) electrons. The Morgan fingerprint density at radius 2 is 2.00 bits per heavy atom. The number of imidazole rings is 1. The van der Waals surface area contributed by atoms with Crippen LogP contribution in [0.1, 0.15) is 15.9 Å². The molecule has 0 fully saturated rings. The van der Waals surface area contributed by atoms with Crippen LogP contribution in [0, 0.1) is 17.0 Å². The van der Waals surface area contributed by atoms with E-state index in [2.05, 4.69) is 10.3 Å². The number of carbonyl (C=O) groups excluding carboxylic acids is 1. The van der Waals surface area contributed by atoms with Crippen LogP contribution >= 0.6 is 11.3 Å². The maximum absolute atomic E-state index is 12.7. The Morgan fingerprint density at radius 3 is 2.67 bits per heavy atom. The zero-order valence-electron chi connectivity index (χ0n) is 14.3. The van der Waals surface area contributed by atoms with Crippen LogP contribution in [0.25, 0.3) is 16.2 Å². The van der Waals surface area contributed by atoms with Crippen LogP contribution in [-0.2, 0) is 0 Å². The smallest absolute Gasteiger partial charge is 0.266 e. The number of rotatable bonds is 4. The summed E-state index contributed by atoms with van der Waals surface area (Å²) in [5, 5.41) is 15.7. The second kappa shape index (κ2) is 6.65. The fourth-order valence-electron chi connectivity index (χ4n) is 2.84. The van der Waals surface area contributed by atoms with E-state index in [9.17, 15) is 14.9 Å². The van der Waals surface area contributed by atoms with Crippen LogP contribution in [-0.4, -0.2) is 15.8 Å². The summed E-state index contributed by atoms with van der Waals surface area (Å²) >= 11 is 1.57. The molecule has 0 aliphatic rings. The third-order valence-electron chi connectivity index (χ3n) is 4.18. The quantitative estimate of drug-likeness (QED) is 0.319. The van der Waals surface area contributed by atoms with Crippen LogP contribution in [0.2, 0.25) is 0 Å². The van der Waals surface area contributed by atoms with E-state index in [0.29, 0.717) is 11.4 Å². The van der Waals surface area contributed by atoms with Crippen molar-refractivity contribution in [3.8, 4) is 10.6 Å². The summed E-state index contributed by atoms with van der Waals surface area (Å²) in [6, 6.07) is 13.4. The minimum Gasteiger partial charge on any atom is -0.266 e. The van der Waals surface area contributed by atoms with Crippen LogP contribution in [0.3, 0.4) is 0 Å². The average Bonchev–Trinajstić information content (AvgIpc) is 3.29. The zero-order chi connectivity index (χ0) is 19.0. The van der Waals surface area contributed by atoms with Gasteiger partial charge in [0, 0.05) is 18.2 Å². The van der Waals surface area contributed by atoms with Crippen LogP contribution in [0.15, 0.2) is 60.1 Å². The predicted molar refractivity (Wildman–Crippen MR) is 103 cm³/mol. The van der Waals surface area contributed by atoms with Gasteiger partial charge in [0.15, 0.2) is 5.69 Å². The van der Waals surface area contributed by atoms with Gasteiger partial charge in [0.25, 0.3) is 11.5 Å². The summed E-state index contributed by atoms with van der Waals surface area (Å²) in [6.07, 6.45) is 1.89. The lowest BCUT2D eigenvalue weighted by molar-refractivity contribution is -0.493. The van der Waals surface area contributed by atoms with Gasteiger partial charge in [-0.15, -0.1) is 11.3 Å². The molecule has 27 heavy (non-hydrogen) atoms. The van der Waals surface area contributed by atoms with Gasteiger partial charge in [0.1, 0.15) is 0 Å². The van der Waals surface area contributed by atoms with Gasteiger partial charge < -0.3 is 0 Å². The van der Waals surface area contributed by atoms with E-state index in [-0.39, 0.29) is 11.6 Å². The molecule has 8 heteroatoms. The van der Waals surface area contributed by atoms with Crippen LogP contribution < -0.4 is 9.72 Å². The fourth-order valence-corrected chi connectivity index (χ4v) is 3.57. The molecule has 1 aromatic carbocycles. The highest BCUT2D eigenvalue weighted by molar-refractivity contribution is 7.13. The second-order valence-corrected chi connectivity index (χ2v) is 6.99. The fraction of sp³-hybridized carbons (Fsp3) is 0.0526. The Morgan fingerprint density at radius 1 is 1.22 bits per heavy atom. The summed E-state index contributed by atoms with van der Waals surface area (Å²) in [4.78, 5) is 27.4. The largest absolute Gasteiger partial charge is 0.311 e. The number of aryl methyl sites for hydroxylation is 1. The van der Waals surface area contributed by atoms with E-state index in [1.165, 1.54) is 24.3 Å². The Balaban J connectivity index is 1.75. The molecule has 0 unspecified atom stereocenters. The number of carbonyl (C=O) groups is 1. The molecule has 0 saturated heterocycles. The van der Waals surface area contributed by atoms with Crippen molar-refractivity contribution in [1.29, 1.82) is 0 Å². The first-order valence-electron chi connectivity index (χ1n) is 8.16. The van der Waals surface area contributed by atoms with Crippen molar-refractivity contribution in [2.75, 3.05) is 5.32 Å². The molecular formula is C19H15N4O3S+. The number of nitro benzene ring substituents is 1. The second-order valence-electron chi connectivity index (χ2n) is 6.04. The van der Waals surface area contributed by atoms with E-state index in [1.54, 1.807) is 11.3 Å². The number of pyridine rings is 1. The van der Waals surface area contributed by atoms with E-state index >= 15 is 0 Å². The minimum absolute atomic E-state index is 0.0530. The van der Waals surface area contributed by atoms with Gasteiger partial charge in [0.05, 0.1) is 21.6 Å². The number of thiophene rings is 1. The number of hydrogen-bond acceptors (Lipinski definition) is 4. The highest BCUT2D eigenvalue weighted by Gasteiger charge is 2.24. The molecule has 0 saturated carbocycles. The summed E-state index contributed by atoms with van der Waals surface area (Å²) in [6.45, 7) is 2.00. The van der Waals surface area contributed by atoms with Crippen molar-refractivity contribution in [2.24, 2.45) is 0 Å². The van der Waals surface area contributed by atoms with Gasteiger partial charge >= 0.3 is 5.91 Å². The van der Waals surface area contributed by atoms with Crippen molar-refractivity contribution < 1.29 is 14.1 Å². The number of non-ortho nitro benzene ring substituents is 1. The molecule has 4 aromatic rings. The first-order chi connectivity index (χ1) is 13.0. The van der Waals surface area contributed by atoms with Crippen LogP contribution in [0.4, 0.5) is 11.5 Å². The molecule has 2 N–H and O–H groups in total. The average molecular weight is 379 g/mol. The number of nitro groups is 1. The van der Waals surface area contributed by atoms with E-state index in [4.69, 9.17) is 0 Å². The SMILES string of the molecule is Cc1cc[n+]2c(NC(=O)c3ccc([N+](=O)[O-])cc3)c(-c3cccs3)[nH]c2c1. The number of H-pyrrole nitrogens is 1. The molecule has 0 bridgehead atoms. The third kappa shape index (κ3) is 3.18. The number of hydrogen-bond donors (Lipinski definition) is 2. The Labute approximate surface area is 158 Å². The van der Waals surface area contributed by atoms with Crippen molar-refractivity contribution in [3.63, 3.8) is 0 Å². The number of fused-ring (bicyclic) bond motifs is 1. The number of nitrogens with one attached hydrogen (secondary N) is 2. The molecule has 3 heterocycles. The lowest BCUT2D eigenvalue weighted by Gasteiger charge is -2.01. The molecule has 7 nitrogen and oxygen atoms in total. The van der Waals surface area contributed by atoms with E-state index in [1.807, 2.05) is 47.2 Å². The number of aromatic nitrogens is 2. The Kier molecular flexibility index (Phi) is 4.17. The monoisotopic (exact) mass is 379 g/mol. The lowest BCUT2D eigenvalue weighted by Crippen LogP contribution is -2.27. The number of amides is 1. The van der Waals surface area contributed by atoms with E-state index < -0.39 is 4.92 Å². The molecule has 0 aliphatic carbocycles. The maximum Gasteiger partial charge on any atom is 0.311 e. The molecular weight excluding hydrogens is 364 g/mol. The number of aromatic amines is 1. The Bertz CT molecular complexity index is 1150. The maximum atomic E-state index is 12.7. The van der Waals surface area contributed by atoms with Crippen molar-refractivity contribution >= 4 is 34.4 Å². The van der Waals surface area contributed by atoms with Gasteiger partial charge in [-0.25, -0.2) is 9.72 Å². The molecule has 134 valence electrons. The standard InChI is InChI=1S/C19H14N4O3S/c1-12-8-9-22-16(11-12)20-17(15-3-2-10-27-15)18(22)21-19(24)13-4-6-14(7-5-13)23(25)26/h2-11H,1H3,(H,21,24)/p+1. The third-order valence-corrected chi connectivity index (χ3v) is 5.07. The normalized spacial score (nSPS) is 10.9. The lowest BCUT2D eigenvalue weighted by atomic mass is 10.2. The zero-order valence-corrected chi connectivity index (χ0v) is 15.1. The van der Waals surface area contributed by atoms with Gasteiger partial charge in [0.2, 0.25) is 5.65 Å². The summed E-state index contributed by atoms with van der Waals surface area (Å²) in [5.74, 6) is 0.285. The number of anilines is 1. The molecule has 0 spiro atoms. The molecule has 0 aliphatic heterocycles. The summed E-state index contributed by atoms with van der Waals surface area (Å²) in [7, 11) is 0. The van der Waals surface area contributed by atoms with Gasteiger partial charge in [-0.05, 0) is 42.1 Å². The van der Waals surface area contributed by atoms with Crippen LogP contribution in [0.5, 0.6) is 0 Å². The highest BCUT2D eigenvalue weighted by atomic mass is 32.1. The molecule has 1 amide bonds. The minimum atomic E-state index is -0.492. The molecule has 4 rings (SSSR count). The van der Waals surface area contributed by atoms with Crippen molar-refractivity contribution in [1.82, 2.24) is 4.98 Å².